The van der Waals surface area contributed by atoms with E-state index in [0.29, 0.717) is 5.02 Å². The van der Waals surface area contributed by atoms with Gasteiger partial charge in [0, 0.05) is 11.1 Å². The van der Waals surface area contributed by atoms with E-state index in [4.69, 9.17) is 16.7 Å². The first-order chi connectivity index (χ1) is 7.09. The van der Waals surface area contributed by atoms with Crippen molar-refractivity contribution in [3.05, 3.63) is 53.1 Å². The first-order valence-electron chi connectivity index (χ1n) is 4.43. The van der Waals surface area contributed by atoms with Crippen LogP contribution in [0.5, 0.6) is 0 Å². The number of halogens is 1. The third-order valence-electron chi connectivity index (χ3n) is 1.88. The van der Waals surface area contributed by atoms with Crippen molar-refractivity contribution in [2.45, 2.75) is 6.92 Å². The molecule has 0 unspecified atom stereocenters. The van der Waals surface area contributed by atoms with Gasteiger partial charge in [-0.15, -0.1) is 0 Å². The summed E-state index contributed by atoms with van der Waals surface area (Å²) in [5, 5.41) is 9.09. The van der Waals surface area contributed by atoms with Crippen molar-refractivity contribution < 1.29 is 9.90 Å². The zero-order chi connectivity index (χ0) is 11.3. The van der Waals surface area contributed by atoms with Crippen molar-refractivity contribution in [1.82, 2.24) is 0 Å². The van der Waals surface area contributed by atoms with Crippen molar-refractivity contribution >= 4 is 23.1 Å². The van der Waals surface area contributed by atoms with Gasteiger partial charge in [0.1, 0.15) is 0 Å². The second kappa shape index (κ2) is 5.37. The number of rotatable bonds is 3. The average molecular weight is 223 g/mol. The number of carboxylic acid groups (broad SMARTS) is 1. The number of aliphatic carboxylic acids is 1. The molecule has 0 aliphatic carbocycles. The summed E-state index contributed by atoms with van der Waals surface area (Å²) in [6.07, 6.45) is 4.35. The van der Waals surface area contributed by atoms with E-state index in [-0.39, 0.29) is 0 Å². The number of carbonyl (C=O) groups is 1. The highest BCUT2D eigenvalue weighted by atomic mass is 35.5. The van der Waals surface area contributed by atoms with Crippen molar-refractivity contribution in [1.29, 1.82) is 0 Å². The molecule has 0 bridgehead atoms. The molecule has 0 saturated heterocycles. The van der Waals surface area contributed by atoms with Gasteiger partial charge in [0.25, 0.3) is 0 Å². The van der Waals surface area contributed by atoms with E-state index in [2.05, 4.69) is 0 Å². The number of benzene rings is 1. The molecular weight excluding hydrogens is 212 g/mol. The van der Waals surface area contributed by atoms with Crippen molar-refractivity contribution in [3.63, 3.8) is 0 Å². The van der Waals surface area contributed by atoms with Crippen molar-refractivity contribution in [2.75, 3.05) is 0 Å². The Morgan fingerprint density at radius 2 is 1.93 bits per heavy atom. The molecule has 15 heavy (non-hydrogen) atoms. The molecule has 0 aliphatic rings. The number of hydrogen-bond donors (Lipinski definition) is 1. The summed E-state index contributed by atoms with van der Waals surface area (Å²) in [7, 11) is 0. The summed E-state index contributed by atoms with van der Waals surface area (Å²) >= 11 is 5.75. The molecule has 0 radical (unpaired) electrons. The molecule has 0 amide bonds. The van der Waals surface area contributed by atoms with Crippen LogP contribution in [0.3, 0.4) is 0 Å². The minimum absolute atomic E-state index is 0.688. The van der Waals surface area contributed by atoms with Gasteiger partial charge in [0.15, 0.2) is 0 Å². The van der Waals surface area contributed by atoms with Gasteiger partial charge < -0.3 is 5.11 Å². The Balaban J connectivity index is 2.80. The summed E-state index contributed by atoms with van der Waals surface area (Å²) in [6, 6.07) is 7.38. The Bertz CT molecular complexity index is 402. The first kappa shape index (κ1) is 11.5. The quantitative estimate of drug-likeness (QED) is 0.629. The summed E-state index contributed by atoms with van der Waals surface area (Å²) in [5.74, 6) is -0.949. The fraction of sp³-hybridized carbons (Fsp3) is 0.0833. The van der Waals surface area contributed by atoms with Crippen LogP contribution in [0.25, 0.3) is 5.57 Å². The Kier molecular flexibility index (Phi) is 4.13. The van der Waals surface area contributed by atoms with Gasteiger partial charge in [-0.3, -0.25) is 0 Å². The van der Waals surface area contributed by atoms with E-state index in [1.807, 2.05) is 19.1 Å². The lowest BCUT2D eigenvalue weighted by atomic mass is 10.1. The Morgan fingerprint density at radius 3 is 2.47 bits per heavy atom. The number of hydrogen-bond acceptors (Lipinski definition) is 1. The monoisotopic (exact) mass is 222 g/mol. The lowest BCUT2D eigenvalue weighted by Crippen LogP contribution is -1.85. The highest BCUT2D eigenvalue weighted by molar-refractivity contribution is 6.30. The molecule has 1 N–H and O–H groups in total. The van der Waals surface area contributed by atoms with Crippen LogP contribution in [-0.2, 0) is 4.79 Å². The lowest BCUT2D eigenvalue weighted by Gasteiger charge is -1.99. The smallest absolute Gasteiger partial charge is 0.328 e. The topological polar surface area (TPSA) is 37.3 Å². The summed E-state index contributed by atoms with van der Waals surface area (Å²) < 4.78 is 0. The Morgan fingerprint density at radius 1 is 1.33 bits per heavy atom. The second-order valence-electron chi connectivity index (χ2n) is 3.05. The zero-order valence-electron chi connectivity index (χ0n) is 8.27. The molecule has 1 aromatic carbocycles. The van der Waals surface area contributed by atoms with Crippen molar-refractivity contribution in [2.24, 2.45) is 0 Å². The summed E-state index contributed by atoms with van der Waals surface area (Å²) in [5.41, 5.74) is 2.01. The van der Waals surface area contributed by atoms with Crippen LogP contribution >= 0.6 is 11.6 Å². The predicted molar refractivity (Wildman–Crippen MR) is 61.9 cm³/mol. The standard InChI is InChI=1S/C12H11ClO2/c1-9(3-2-4-12(14)15)10-5-7-11(13)8-6-10/h2-8H,1H3,(H,14,15)/b4-2+,9-3+. The van der Waals surface area contributed by atoms with Crippen LogP contribution in [-0.4, -0.2) is 11.1 Å². The number of carboxylic acids is 1. The van der Waals surface area contributed by atoms with E-state index >= 15 is 0 Å². The molecule has 0 fully saturated rings. The fourth-order valence-corrected chi connectivity index (χ4v) is 1.21. The molecular formula is C12H11ClO2. The molecule has 1 aromatic rings. The largest absolute Gasteiger partial charge is 0.478 e. The minimum atomic E-state index is -0.949. The molecule has 78 valence electrons. The Labute approximate surface area is 93.5 Å². The Hall–Kier alpha value is -1.54. The highest BCUT2D eigenvalue weighted by Gasteiger charge is 1.94. The molecule has 0 heterocycles. The predicted octanol–water partition coefficient (Wildman–Crippen LogP) is 3.38. The maximum absolute atomic E-state index is 10.2. The molecule has 0 aromatic heterocycles. The van der Waals surface area contributed by atoms with Crippen LogP contribution in [0.15, 0.2) is 42.5 Å². The van der Waals surface area contributed by atoms with Gasteiger partial charge >= 0.3 is 5.97 Å². The van der Waals surface area contributed by atoms with E-state index in [0.717, 1.165) is 17.2 Å². The second-order valence-corrected chi connectivity index (χ2v) is 3.49. The van der Waals surface area contributed by atoms with Crippen LogP contribution < -0.4 is 0 Å². The third-order valence-corrected chi connectivity index (χ3v) is 2.14. The van der Waals surface area contributed by atoms with Crippen LogP contribution in [0.2, 0.25) is 5.02 Å². The average Bonchev–Trinajstić information content (AvgIpc) is 2.18. The van der Waals surface area contributed by atoms with Crippen LogP contribution in [0.1, 0.15) is 12.5 Å². The molecule has 2 nitrogen and oxygen atoms in total. The molecule has 0 atom stereocenters. The van der Waals surface area contributed by atoms with Gasteiger partial charge in [-0.05, 0) is 30.2 Å². The SMILES string of the molecule is C/C(=C\C=C\C(=O)O)c1ccc(Cl)cc1. The van der Waals surface area contributed by atoms with E-state index in [9.17, 15) is 4.79 Å². The molecule has 0 saturated carbocycles. The maximum Gasteiger partial charge on any atom is 0.328 e. The molecule has 0 aliphatic heterocycles. The maximum atomic E-state index is 10.2. The van der Waals surface area contributed by atoms with E-state index < -0.39 is 5.97 Å². The van der Waals surface area contributed by atoms with Gasteiger partial charge in [0.2, 0.25) is 0 Å². The van der Waals surface area contributed by atoms with E-state index in [1.165, 1.54) is 6.08 Å². The normalized spacial score (nSPS) is 12.0. The molecule has 1 rings (SSSR count). The number of allylic oxidation sites excluding steroid dienone is 3. The van der Waals surface area contributed by atoms with Crippen LogP contribution in [0.4, 0.5) is 0 Å². The third kappa shape index (κ3) is 4.00. The highest BCUT2D eigenvalue weighted by Crippen LogP contribution is 2.16. The zero-order valence-corrected chi connectivity index (χ0v) is 9.03. The van der Waals surface area contributed by atoms with Crippen LogP contribution in [0, 0.1) is 0 Å². The lowest BCUT2D eigenvalue weighted by molar-refractivity contribution is -0.131. The van der Waals surface area contributed by atoms with Gasteiger partial charge in [0.05, 0.1) is 0 Å². The van der Waals surface area contributed by atoms with Gasteiger partial charge in [-0.25, -0.2) is 4.79 Å². The summed E-state index contributed by atoms with van der Waals surface area (Å²) in [6.45, 7) is 1.91. The fourth-order valence-electron chi connectivity index (χ4n) is 1.08. The molecule has 0 spiro atoms. The molecule has 3 heteroatoms. The minimum Gasteiger partial charge on any atom is -0.478 e. The van der Waals surface area contributed by atoms with Gasteiger partial charge in [-0.2, -0.15) is 0 Å². The van der Waals surface area contributed by atoms with Gasteiger partial charge in [-0.1, -0.05) is 35.9 Å². The summed E-state index contributed by atoms with van der Waals surface area (Å²) in [4.78, 5) is 10.2. The van der Waals surface area contributed by atoms with E-state index in [1.54, 1.807) is 18.2 Å². The van der Waals surface area contributed by atoms with Crippen molar-refractivity contribution in [3.8, 4) is 0 Å². The first-order valence-corrected chi connectivity index (χ1v) is 4.81.